The minimum absolute atomic E-state index is 0.0132. The molecule has 1 saturated carbocycles. The average Bonchev–Trinajstić information content (AvgIpc) is 3.20. The van der Waals surface area contributed by atoms with Crippen molar-refractivity contribution in [2.45, 2.75) is 51.6 Å². The summed E-state index contributed by atoms with van der Waals surface area (Å²) in [5.74, 6) is 0.511. The van der Waals surface area contributed by atoms with Gasteiger partial charge in [0, 0.05) is 25.7 Å². The van der Waals surface area contributed by atoms with Gasteiger partial charge in [-0.15, -0.1) is 0 Å². The highest BCUT2D eigenvalue weighted by molar-refractivity contribution is 7.86. The standard InChI is InChI=1S/C13H27N3O2S/c1-11(2)15(3)19(17,18)16(13-4-5-13)10-12-6-8-14-9-7-12/h11-14H,4-10H2,1-3H3. The molecule has 1 saturated heterocycles. The Balaban J connectivity index is 2.06. The fourth-order valence-electron chi connectivity index (χ4n) is 2.54. The fraction of sp³-hybridized carbons (Fsp3) is 1.00. The quantitative estimate of drug-likeness (QED) is 0.795. The van der Waals surface area contributed by atoms with E-state index in [0.717, 1.165) is 38.8 Å². The highest BCUT2D eigenvalue weighted by Gasteiger charge is 2.40. The van der Waals surface area contributed by atoms with Gasteiger partial charge in [-0.25, -0.2) is 0 Å². The zero-order chi connectivity index (χ0) is 14.0. The number of hydrogen-bond donors (Lipinski definition) is 1. The highest BCUT2D eigenvalue weighted by Crippen LogP contribution is 2.32. The van der Waals surface area contributed by atoms with Gasteiger partial charge in [0.2, 0.25) is 0 Å². The van der Waals surface area contributed by atoms with Crippen molar-refractivity contribution in [3.05, 3.63) is 0 Å². The molecule has 0 spiro atoms. The maximum Gasteiger partial charge on any atom is 0.282 e. The zero-order valence-corrected chi connectivity index (χ0v) is 13.1. The van der Waals surface area contributed by atoms with Gasteiger partial charge >= 0.3 is 0 Å². The summed E-state index contributed by atoms with van der Waals surface area (Å²) in [6.45, 7) is 6.58. The molecule has 1 aliphatic carbocycles. The Hall–Kier alpha value is -0.170. The first-order valence-electron chi connectivity index (χ1n) is 7.38. The summed E-state index contributed by atoms with van der Waals surface area (Å²) in [4.78, 5) is 0. The first-order chi connectivity index (χ1) is 8.93. The van der Waals surface area contributed by atoms with Crippen molar-refractivity contribution in [1.82, 2.24) is 13.9 Å². The molecule has 112 valence electrons. The second-order valence-electron chi connectivity index (χ2n) is 6.11. The summed E-state index contributed by atoms with van der Waals surface area (Å²) in [5.41, 5.74) is 0. The molecular formula is C13H27N3O2S. The van der Waals surface area contributed by atoms with Crippen molar-refractivity contribution >= 4 is 10.2 Å². The highest BCUT2D eigenvalue weighted by atomic mass is 32.2. The van der Waals surface area contributed by atoms with Gasteiger partial charge in [0.05, 0.1) is 0 Å². The van der Waals surface area contributed by atoms with E-state index in [0.29, 0.717) is 12.5 Å². The van der Waals surface area contributed by atoms with Gasteiger partial charge in [0.1, 0.15) is 0 Å². The van der Waals surface area contributed by atoms with Crippen molar-refractivity contribution in [2.75, 3.05) is 26.7 Å². The molecule has 0 radical (unpaired) electrons. The van der Waals surface area contributed by atoms with Gasteiger partial charge in [-0.05, 0) is 58.5 Å². The van der Waals surface area contributed by atoms with Gasteiger partial charge in [-0.1, -0.05) is 0 Å². The van der Waals surface area contributed by atoms with Crippen LogP contribution in [0.3, 0.4) is 0 Å². The number of nitrogens with zero attached hydrogens (tertiary/aromatic N) is 2. The maximum absolute atomic E-state index is 12.7. The number of piperidine rings is 1. The summed E-state index contributed by atoms with van der Waals surface area (Å²) in [6.07, 6.45) is 4.22. The monoisotopic (exact) mass is 289 g/mol. The lowest BCUT2D eigenvalue weighted by Gasteiger charge is -2.33. The third kappa shape index (κ3) is 3.68. The molecule has 2 rings (SSSR count). The SMILES string of the molecule is CC(C)N(C)S(=O)(=O)N(CC1CCNCC1)C1CC1. The van der Waals surface area contributed by atoms with Gasteiger partial charge in [0.15, 0.2) is 0 Å². The molecule has 0 bridgehead atoms. The first kappa shape index (κ1) is 15.2. The zero-order valence-electron chi connectivity index (χ0n) is 12.3. The van der Waals surface area contributed by atoms with Crippen LogP contribution < -0.4 is 5.32 Å². The second kappa shape index (κ2) is 6.08. The molecule has 19 heavy (non-hydrogen) atoms. The van der Waals surface area contributed by atoms with Crippen LogP contribution in [0.25, 0.3) is 0 Å². The smallest absolute Gasteiger partial charge is 0.282 e. The van der Waals surface area contributed by atoms with Gasteiger partial charge in [-0.2, -0.15) is 17.0 Å². The molecule has 1 N–H and O–H groups in total. The fourth-order valence-corrected chi connectivity index (χ4v) is 4.40. The van der Waals surface area contributed by atoms with Crippen LogP contribution in [0.5, 0.6) is 0 Å². The van der Waals surface area contributed by atoms with E-state index >= 15 is 0 Å². The van der Waals surface area contributed by atoms with Crippen molar-refractivity contribution in [3.8, 4) is 0 Å². The van der Waals surface area contributed by atoms with Crippen LogP contribution in [0.4, 0.5) is 0 Å². The number of rotatable bonds is 6. The lowest BCUT2D eigenvalue weighted by molar-refractivity contribution is 0.263. The van der Waals surface area contributed by atoms with Gasteiger partial charge < -0.3 is 5.32 Å². The average molecular weight is 289 g/mol. The Kier molecular flexibility index (Phi) is 4.87. The molecule has 5 nitrogen and oxygen atoms in total. The Morgan fingerprint density at radius 2 is 1.74 bits per heavy atom. The third-order valence-corrected chi connectivity index (χ3v) is 6.43. The molecule has 0 aromatic rings. The van der Waals surface area contributed by atoms with Crippen LogP contribution in [0, 0.1) is 5.92 Å². The molecule has 1 heterocycles. The van der Waals surface area contributed by atoms with E-state index in [1.807, 2.05) is 13.8 Å². The molecule has 1 aliphatic heterocycles. The molecule has 0 aromatic carbocycles. The molecular weight excluding hydrogens is 262 g/mol. The minimum Gasteiger partial charge on any atom is -0.317 e. The van der Waals surface area contributed by atoms with Crippen molar-refractivity contribution < 1.29 is 8.42 Å². The Labute approximate surface area is 117 Å². The van der Waals surface area contributed by atoms with E-state index in [9.17, 15) is 8.42 Å². The number of nitrogens with one attached hydrogen (secondary N) is 1. The topological polar surface area (TPSA) is 52.7 Å². The molecule has 6 heteroatoms. The normalized spacial score (nSPS) is 22.6. The van der Waals surface area contributed by atoms with Crippen LogP contribution in [0.1, 0.15) is 39.5 Å². The van der Waals surface area contributed by atoms with E-state index in [2.05, 4.69) is 5.32 Å². The Morgan fingerprint density at radius 3 is 2.21 bits per heavy atom. The largest absolute Gasteiger partial charge is 0.317 e. The van der Waals surface area contributed by atoms with E-state index in [-0.39, 0.29) is 12.1 Å². The lowest BCUT2D eigenvalue weighted by Crippen LogP contribution is -2.48. The van der Waals surface area contributed by atoms with Crippen LogP contribution in [0.2, 0.25) is 0 Å². The maximum atomic E-state index is 12.7. The molecule has 0 atom stereocenters. The van der Waals surface area contributed by atoms with Crippen molar-refractivity contribution in [3.63, 3.8) is 0 Å². The van der Waals surface area contributed by atoms with E-state index in [1.54, 1.807) is 11.4 Å². The summed E-state index contributed by atoms with van der Waals surface area (Å²) >= 11 is 0. The first-order valence-corrected chi connectivity index (χ1v) is 8.78. The van der Waals surface area contributed by atoms with Crippen molar-refractivity contribution in [1.29, 1.82) is 0 Å². The molecule has 2 aliphatic rings. The summed E-state index contributed by atoms with van der Waals surface area (Å²) in [5, 5.41) is 3.33. The second-order valence-corrected chi connectivity index (χ2v) is 8.05. The Bertz CT molecular complexity index is 387. The molecule has 0 amide bonds. The van der Waals surface area contributed by atoms with Crippen molar-refractivity contribution in [2.24, 2.45) is 5.92 Å². The summed E-state index contributed by atoms with van der Waals surface area (Å²) in [6, 6.07) is 0.264. The van der Waals surface area contributed by atoms with E-state index < -0.39 is 10.2 Å². The third-order valence-electron chi connectivity index (χ3n) is 4.24. The summed E-state index contributed by atoms with van der Waals surface area (Å²) < 4.78 is 28.6. The van der Waals surface area contributed by atoms with Gasteiger partial charge in [-0.3, -0.25) is 0 Å². The van der Waals surface area contributed by atoms with Crippen LogP contribution in [-0.2, 0) is 10.2 Å². The number of hydrogen-bond acceptors (Lipinski definition) is 3. The van der Waals surface area contributed by atoms with E-state index in [4.69, 9.17) is 0 Å². The molecule has 0 unspecified atom stereocenters. The Morgan fingerprint density at radius 1 is 1.16 bits per heavy atom. The van der Waals surface area contributed by atoms with Crippen LogP contribution >= 0.6 is 0 Å². The van der Waals surface area contributed by atoms with E-state index in [1.165, 1.54) is 4.31 Å². The minimum atomic E-state index is -3.29. The van der Waals surface area contributed by atoms with Gasteiger partial charge in [0.25, 0.3) is 10.2 Å². The molecule has 2 fully saturated rings. The van der Waals surface area contributed by atoms with Crippen LogP contribution in [0.15, 0.2) is 0 Å². The predicted octanol–water partition coefficient (Wildman–Crippen LogP) is 1.04. The van der Waals surface area contributed by atoms with Crippen LogP contribution in [-0.4, -0.2) is 55.8 Å². The summed E-state index contributed by atoms with van der Waals surface area (Å²) in [7, 11) is -1.60. The lowest BCUT2D eigenvalue weighted by atomic mass is 9.98. The predicted molar refractivity (Wildman–Crippen MR) is 77.1 cm³/mol. The molecule has 0 aromatic heterocycles.